The molecule has 0 spiro atoms. The lowest BCUT2D eigenvalue weighted by molar-refractivity contribution is 0.0903. The highest BCUT2D eigenvalue weighted by Gasteiger charge is 2.35. The molecule has 3 aromatic heterocycles. The number of nitrogens with one attached hydrogen (secondary N) is 1. The zero-order valence-electron chi connectivity index (χ0n) is 11.6. The highest BCUT2D eigenvalue weighted by molar-refractivity contribution is 9.11. The summed E-state index contributed by atoms with van der Waals surface area (Å²) in [5.74, 6) is 0. The van der Waals surface area contributed by atoms with Crippen molar-refractivity contribution in [1.82, 2.24) is 4.72 Å². The third kappa shape index (κ3) is 3.60. The zero-order valence-corrected chi connectivity index (χ0v) is 16.5. The fourth-order valence-electron chi connectivity index (χ4n) is 2.06. The van der Waals surface area contributed by atoms with E-state index in [1.807, 2.05) is 22.2 Å². The van der Waals surface area contributed by atoms with Gasteiger partial charge in [0.15, 0.2) is 0 Å². The quantitative estimate of drug-likeness (QED) is 0.600. The summed E-state index contributed by atoms with van der Waals surface area (Å²) in [6.45, 7) is -0.123. The number of aliphatic hydroxyl groups is 1. The molecule has 4 nitrogen and oxygen atoms in total. The maximum Gasteiger partial charge on any atom is 0.250 e. The van der Waals surface area contributed by atoms with Gasteiger partial charge in [-0.25, -0.2) is 13.1 Å². The minimum Gasteiger partial charge on any atom is -0.378 e. The van der Waals surface area contributed by atoms with Crippen molar-refractivity contribution in [2.75, 3.05) is 6.54 Å². The molecule has 0 aromatic carbocycles. The van der Waals surface area contributed by atoms with E-state index >= 15 is 0 Å². The van der Waals surface area contributed by atoms with E-state index < -0.39 is 15.6 Å². The number of halogens is 1. The third-order valence-electron chi connectivity index (χ3n) is 3.26. The Morgan fingerprint density at radius 1 is 1.22 bits per heavy atom. The molecule has 3 aromatic rings. The van der Waals surface area contributed by atoms with Crippen LogP contribution in [0.25, 0.3) is 0 Å². The third-order valence-corrected chi connectivity index (χ3v) is 8.48. The fraction of sp³-hybridized carbons (Fsp3) is 0.143. The van der Waals surface area contributed by atoms with Crippen molar-refractivity contribution in [3.8, 4) is 0 Å². The smallest absolute Gasteiger partial charge is 0.250 e. The van der Waals surface area contributed by atoms with Crippen LogP contribution in [0.4, 0.5) is 0 Å². The zero-order chi connectivity index (χ0) is 16.5. The second-order valence-corrected chi connectivity index (χ2v) is 10.9. The van der Waals surface area contributed by atoms with Gasteiger partial charge in [-0.05, 0) is 56.3 Å². The van der Waals surface area contributed by atoms with E-state index in [0.29, 0.717) is 10.4 Å². The summed E-state index contributed by atoms with van der Waals surface area (Å²) in [7, 11) is -3.67. The Labute approximate surface area is 154 Å². The molecule has 0 aliphatic carbocycles. The van der Waals surface area contributed by atoms with Crippen LogP contribution in [-0.4, -0.2) is 20.1 Å². The van der Waals surface area contributed by atoms with Gasteiger partial charge < -0.3 is 5.11 Å². The average Bonchev–Trinajstić information content (AvgIpc) is 3.25. The summed E-state index contributed by atoms with van der Waals surface area (Å²) in [6.07, 6.45) is 0. The highest BCUT2D eigenvalue weighted by atomic mass is 79.9. The van der Waals surface area contributed by atoms with Gasteiger partial charge in [0.05, 0.1) is 3.79 Å². The highest BCUT2D eigenvalue weighted by Crippen LogP contribution is 2.34. The van der Waals surface area contributed by atoms with Crippen LogP contribution in [0, 0.1) is 0 Å². The number of hydrogen-bond donors (Lipinski definition) is 2. The van der Waals surface area contributed by atoms with Crippen molar-refractivity contribution in [3.63, 3.8) is 0 Å². The summed E-state index contributed by atoms with van der Waals surface area (Å²) >= 11 is 7.24. The van der Waals surface area contributed by atoms with Crippen LogP contribution < -0.4 is 4.72 Å². The number of hydrogen-bond acceptors (Lipinski definition) is 6. The second-order valence-electron chi connectivity index (χ2n) is 4.73. The summed E-state index contributed by atoms with van der Waals surface area (Å²) in [4.78, 5) is 0.700. The Kier molecular flexibility index (Phi) is 5.07. The van der Waals surface area contributed by atoms with E-state index in [1.165, 1.54) is 28.7 Å². The molecule has 0 saturated heterocycles. The molecule has 3 rings (SSSR count). The van der Waals surface area contributed by atoms with Gasteiger partial charge in [-0.1, -0.05) is 6.07 Å². The Balaban J connectivity index is 1.89. The summed E-state index contributed by atoms with van der Waals surface area (Å²) in [5.41, 5.74) is -0.699. The number of sulfonamides is 1. The van der Waals surface area contributed by atoms with Crippen LogP contribution in [0.3, 0.4) is 0 Å². The fourth-order valence-corrected chi connectivity index (χ4v) is 6.74. The van der Waals surface area contributed by atoms with Gasteiger partial charge in [0, 0.05) is 17.0 Å². The lowest BCUT2D eigenvalue weighted by atomic mass is 9.95. The number of rotatable bonds is 6. The summed E-state index contributed by atoms with van der Waals surface area (Å²) in [5, 5.41) is 16.7. The topological polar surface area (TPSA) is 66.4 Å². The first-order chi connectivity index (χ1) is 10.9. The molecular formula is C14H12BrNO3S4. The second kappa shape index (κ2) is 6.75. The van der Waals surface area contributed by atoms with E-state index in [2.05, 4.69) is 20.7 Å². The van der Waals surface area contributed by atoms with Crippen molar-refractivity contribution >= 4 is 60.0 Å². The van der Waals surface area contributed by atoms with Crippen LogP contribution in [0.15, 0.2) is 54.5 Å². The van der Waals surface area contributed by atoms with E-state index in [1.54, 1.807) is 18.2 Å². The van der Waals surface area contributed by atoms with E-state index in [0.717, 1.165) is 15.1 Å². The molecule has 1 unspecified atom stereocenters. The summed E-state index contributed by atoms with van der Waals surface area (Å²) < 4.78 is 28.3. The Morgan fingerprint density at radius 2 is 2.04 bits per heavy atom. The van der Waals surface area contributed by atoms with Crippen molar-refractivity contribution in [1.29, 1.82) is 0 Å². The predicted molar refractivity (Wildman–Crippen MR) is 98.8 cm³/mol. The lowest BCUT2D eigenvalue weighted by Gasteiger charge is -2.26. The molecule has 0 aliphatic heterocycles. The van der Waals surface area contributed by atoms with E-state index in [4.69, 9.17) is 0 Å². The normalized spacial score (nSPS) is 14.7. The molecule has 0 saturated carbocycles. The van der Waals surface area contributed by atoms with E-state index in [9.17, 15) is 13.5 Å². The van der Waals surface area contributed by atoms with Crippen LogP contribution in [-0.2, 0) is 15.6 Å². The van der Waals surface area contributed by atoms with Gasteiger partial charge in [0.2, 0.25) is 10.0 Å². The molecule has 3 heterocycles. The van der Waals surface area contributed by atoms with Crippen LogP contribution in [0.1, 0.15) is 10.4 Å². The van der Waals surface area contributed by atoms with Gasteiger partial charge in [0.1, 0.15) is 9.81 Å². The number of thiophene rings is 3. The van der Waals surface area contributed by atoms with Crippen molar-refractivity contribution < 1.29 is 13.5 Å². The first-order valence-corrected chi connectivity index (χ1v) is 11.4. The van der Waals surface area contributed by atoms with Gasteiger partial charge in [-0.15, -0.1) is 22.7 Å². The van der Waals surface area contributed by atoms with Crippen LogP contribution >= 0.6 is 49.9 Å². The molecule has 0 radical (unpaired) electrons. The maximum atomic E-state index is 12.4. The lowest BCUT2D eigenvalue weighted by Crippen LogP contribution is -2.40. The first kappa shape index (κ1) is 17.3. The Hall–Kier alpha value is -0.550. The molecule has 23 heavy (non-hydrogen) atoms. The van der Waals surface area contributed by atoms with Gasteiger partial charge >= 0.3 is 0 Å². The molecule has 2 N–H and O–H groups in total. The molecule has 122 valence electrons. The van der Waals surface area contributed by atoms with Gasteiger partial charge in [0.25, 0.3) is 0 Å². The minimum absolute atomic E-state index is 0.123. The Morgan fingerprint density at radius 3 is 2.61 bits per heavy atom. The van der Waals surface area contributed by atoms with Crippen LogP contribution in [0.2, 0.25) is 0 Å². The average molecular weight is 450 g/mol. The van der Waals surface area contributed by atoms with Gasteiger partial charge in [-0.2, -0.15) is 11.3 Å². The summed E-state index contributed by atoms with van der Waals surface area (Å²) in [6, 6.07) is 8.66. The molecule has 0 bridgehead atoms. The molecular weight excluding hydrogens is 438 g/mol. The largest absolute Gasteiger partial charge is 0.378 e. The van der Waals surface area contributed by atoms with Crippen LogP contribution in [0.5, 0.6) is 0 Å². The molecule has 0 amide bonds. The Bertz CT molecular complexity index is 835. The van der Waals surface area contributed by atoms with Crippen molar-refractivity contribution in [3.05, 3.63) is 60.7 Å². The van der Waals surface area contributed by atoms with Gasteiger partial charge in [-0.3, -0.25) is 0 Å². The SMILES string of the molecule is O=S(=O)(NCC(O)(c1ccsc1)c1cccs1)c1ccc(Br)s1. The van der Waals surface area contributed by atoms with E-state index in [-0.39, 0.29) is 10.8 Å². The molecule has 1 atom stereocenters. The minimum atomic E-state index is -3.67. The predicted octanol–water partition coefficient (Wildman–Crippen LogP) is 3.85. The standard InChI is InChI=1S/C14H12BrNO3S4/c15-12-3-4-13(22-12)23(18,19)16-9-14(17,10-5-7-20-8-10)11-2-1-6-21-11/h1-8,16-17H,9H2. The monoisotopic (exact) mass is 449 g/mol. The van der Waals surface area contributed by atoms with Crippen molar-refractivity contribution in [2.45, 2.75) is 9.81 Å². The first-order valence-electron chi connectivity index (χ1n) is 6.46. The van der Waals surface area contributed by atoms with Crippen molar-refractivity contribution in [2.24, 2.45) is 0 Å². The molecule has 0 fully saturated rings. The molecule has 0 aliphatic rings. The maximum absolute atomic E-state index is 12.4. The molecule has 9 heteroatoms.